The van der Waals surface area contributed by atoms with Gasteiger partial charge < -0.3 is 15.0 Å². The zero-order valence-corrected chi connectivity index (χ0v) is 11.3. The topological polar surface area (TPSA) is 24.5 Å². The van der Waals surface area contributed by atoms with E-state index in [0.29, 0.717) is 6.04 Å². The maximum atomic E-state index is 6.24. The van der Waals surface area contributed by atoms with Crippen LogP contribution in [0.25, 0.3) is 0 Å². The van der Waals surface area contributed by atoms with Crippen molar-refractivity contribution in [2.75, 3.05) is 33.1 Å². The molecule has 2 rings (SSSR count). The van der Waals surface area contributed by atoms with Crippen molar-refractivity contribution in [2.45, 2.75) is 18.9 Å². The molecule has 3 nitrogen and oxygen atoms in total. The third kappa shape index (κ3) is 2.67. The zero-order valence-electron chi connectivity index (χ0n) is 10.6. The molecule has 1 heterocycles. The summed E-state index contributed by atoms with van der Waals surface area (Å²) in [4.78, 5) is 2.19. The number of halogens is 1. The van der Waals surface area contributed by atoms with E-state index < -0.39 is 0 Å². The zero-order chi connectivity index (χ0) is 12.4. The van der Waals surface area contributed by atoms with Crippen molar-refractivity contribution in [3.8, 4) is 5.75 Å². The number of benzene rings is 1. The molecule has 1 aliphatic heterocycles. The number of methoxy groups -OCH3 is 1. The summed E-state index contributed by atoms with van der Waals surface area (Å²) in [6, 6.07) is 4.29. The molecule has 0 radical (unpaired) electrons. The smallest absolute Gasteiger partial charge is 0.124 e. The number of anilines is 1. The van der Waals surface area contributed by atoms with Gasteiger partial charge in [-0.1, -0.05) is 11.6 Å². The van der Waals surface area contributed by atoms with E-state index in [2.05, 4.69) is 24.3 Å². The molecule has 0 spiro atoms. The van der Waals surface area contributed by atoms with Gasteiger partial charge in [-0.25, -0.2) is 0 Å². The summed E-state index contributed by atoms with van der Waals surface area (Å²) in [5.41, 5.74) is 2.25. The van der Waals surface area contributed by atoms with Crippen LogP contribution in [0.4, 0.5) is 5.69 Å². The van der Waals surface area contributed by atoms with E-state index in [1.54, 1.807) is 7.11 Å². The van der Waals surface area contributed by atoms with Crippen LogP contribution in [0.15, 0.2) is 12.1 Å². The maximum Gasteiger partial charge on any atom is 0.124 e. The molecular weight excluding hydrogens is 236 g/mol. The van der Waals surface area contributed by atoms with Crippen molar-refractivity contribution in [3.05, 3.63) is 22.7 Å². The van der Waals surface area contributed by atoms with E-state index in [0.717, 1.165) is 35.8 Å². The number of hydrogen-bond donors (Lipinski definition) is 1. The molecule has 0 aromatic heterocycles. The normalized spacial score (nSPS) is 18.8. The summed E-state index contributed by atoms with van der Waals surface area (Å²) >= 11 is 6.24. The van der Waals surface area contributed by atoms with Gasteiger partial charge in [-0.2, -0.15) is 0 Å². The molecule has 0 saturated heterocycles. The number of nitrogens with one attached hydrogen (secondary N) is 1. The summed E-state index contributed by atoms with van der Waals surface area (Å²) < 4.78 is 5.37. The maximum absolute atomic E-state index is 6.24. The predicted octanol–water partition coefficient (Wildman–Crippen LogP) is 2.64. The third-order valence-electron chi connectivity index (χ3n) is 3.12. The summed E-state index contributed by atoms with van der Waals surface area (Å²) in [5.74, 6) is 0.931. The van der Waals surface area contributed by atoms with Gasteiger partial charge in [0.05, 0.1) is 17.8 Å². The standard InChI is InChI=1S/C13H19ClN2O/c1-16(2)8-9-4-5-10-12(17-3)7-6-11(14)13(10)15-9/h6-7,9,15H,4-5,8H2,1-3H3. The molecule has 1 aliphatic rings. The summed E-state index contributed by atoms with van der Waals surface area (Å²) in [5, 5.41) is 4.30. The number of likely N-dealkylation sites (N-methyl/N-ethyl adjacent to an activating group) is 1. The van der Waals surface area contributed by atoms with Crippen LogP contribution in [0.2, 0.25) is 5.02 Å². The average Bonchev–Trinajstić information content (AvgIpc) is 2.29. The Kier molecular flexibility index (Phi) is 3.79. The summed E-state index contributed by atoms with van der Waals surface area (Å²) in [7, 11) is 5.88. The molecule has 0 aliphatic carbocycles. The highest BCUT2D eigenvalue weighted by molar-refractivity contribution is 6.33. The lowest BCUT2D eigenvalue weighted by Crippen LogP contribution is -2.35. The van der Waals surface area contributed by atoms with Crippen LogP contribution in [0, 0.1) is 0 Å². The van der Waals surface area contributed by atoms with Gasteiger partial charge in [0.15, 0.2) is 0 Å². The van der Waals surface area contributed by atoms with Crippen LogP contribution in [0.1, 0.15) is 12.0 Å². The van der Waals surface area contributed by atoms with E-state index in [-0.39, 0.29) is 0 Å². The molecule has 17 heavy (non-hydrogen) atoms. The van der Waals surface area contributed by atoms with Gasteiger partial charge in [-0.3, -0.25) is 0 Å². The lowest BCUT2D eigenvalue weighted by molar-refractivity contribution is 0.367. The van der Waals surface area contributed by atoms with Crippen molar-refractivity contribution in [1.82, 2.24) is 4.90 Å². The van der Waals surface area contributed by atoms with Crippen LogP contribution in [-0.2, 0) is 6.42 Å². The van der Waals surface area contributed by atoms with E-state index in [4.69, 9.17) is 16.3 Å². The Morgan fingerprint density at radius 2 is 2.24 bits per heavy atom. The lowest BCUT2D eigenvalue weighted by atomic mass is 9.97. The summed E-state index contributed by atoms with van der Waals surface area (Å²) in [6.45, 7) is 1.02. The number of fused-ring (bicyclic) bond motifs is 1. The van der Waals surface area contributed by atoms with Crippen LogP contribution in [-0.4, -0.2) is 38.7 Å². The minimum Gasteiger partial charge on any atom is -0.496 e. The van der Waals surface area contributed by atoms with Gasteiger partial charge in [0.2, 0.25) is 0 Å². The minimum absolute atomic E-state index is 0.460. The highest BCUT2D eigenvalue weighted by Crippen LogP contribution is 2.37. The largest absolute Gasteiger partial charge is 0.496 e. The van der Waals surface area contributed by atoms with Gasteiger partial charge in [0, 0.05) is 18.2 Å². The number of nitrogens with zero attached hydrogens (tertiary/aromatic N) is 1. The van der Waals surface area contributed by atoms with Crippen molar-refractivity contribution >= 4 is 17.3 Å². The quantitative estimate of drug-likeness (QED) is 0.898. The van der Waals surface area contributed by atoms with Crippen LogP contribution in [0.3, 0.4) is 0 Å². The Morgan fingerprint density at radius 3 is 2.88 bits per heavy atom. The fourth-order valence-electron chi connectivity index (χ4n) is 2.37. The Balaban J connectivity index is 2.25. The van der Waals surface area contributed by atoms with Gasteiger partial charge >= 0.3 is 0 Å². The Bertz CT molecular complexity index is 407. The van der Waals surface area contributed by atoms with Crippen LogP contribution >= 0.6 is 11.6 Å². The molecule has 0 amide bonds. The average molecular weight is 255 g/mol. The number of ether oxygens (including phenoxy) is 1. The van der Waals surface area contributed by atoms with Crippen LogP contribution < -0.4 is 10.1 Å². The molecule has 1 unspecified atom stereocenters. The fourth-order valence-corrected chi connectivity index (χ4v) is 2.60. The second kappa shape index (κ2) is 5.15. The molecule has 1 aromatic carbocycles. The molecule has 1 N–H and O–H groups in total. The van der Waals surface area contributed by atoms with Crippen molar-refractivity contribution in [1.29, 1.82) is 0 Å². The van der Waals surface area contributed by atoms with Gasteiger partial charge in [0.25, 0.3) is 0 Å². The predicted molar refractivity (Wildman–Crippen MR) is 72.3 cm³/mol. The minimum atomic E-state index is 0.460. The monoisotopic (exact) mass is 254 g/mol. The molecule has 1 aromatic rings. The SMILES string of the molecule is COc1ccc(Cl)c2c1CCC(CN(C)C)N2. The molecule has 94 valence electrons. The van der Waals surface area contributed by atoms with Gasteiger partial charge in [0.1, 0.15) is 5.75 Å². The second-order valence-corrected chi connectivity index (χ2v) is 5.15. The van der Waals surface area contributed by atoms with Crippen molar-refractivity contribution in [3.63, 3.8) is 0 Å². The first-order valence-corrected chi connectivity index (χ1v) is 6.26. The van der Waals surface area contributed by atoms with Crippen molar-refractivity contribution < 1.29 is 4.74 Å². The first-order valence-electron chi connectivity index (χ1n) is 5.88. The van der Waals surface area contributed by atoms with Crippen molar-refractivity contribution in [2.24, 2.45) is 0 Å². The summed E-state index contributed by atoms with van der Waals surface area (Å²) in [6.07, 6.45) is 2.13. The lowest BCUT2D eigenvalue weighted by Gasteiger charge is -2.30. The molecule has 4 heteroatoms. The van der Waals surface area contributed by atoms with E-state index in [9.17, 15) is 0 Å². The first kappa shape index (κ1) is 12.5. The molecule has 0 bridgehead atoms. The first-order chi connectivity index (χ1) is 8.11. The number of hydrogen-bond acceptors (Lipinski definition) is 3. The Hall–Kier alpha value is -0.930. The molecule has 0 fully saturated rings. The van der Waals surface area contributed by atoms with Gasteiger partial charge in [-0.05, 0) is 39.1 Å². The highest BCUT2D eigenvalue weighted by Gasteiger charge is 2.22. The highest BCUT2D eigenvalue weighted by atomic mass is 35.5. The third-order valence-corrected chi connectivity index (χ3v) is 3.43. The fraction of sp³-hybridized carbons (Fsp3) is 0.538. The van der Waals surface area contributed by atoms with E-state index in [1.165, 1.54) is 5.56 Å². The van der Waals surface area contributed by atoms with E-state index >= 15 is 0 Å². The Morgan fingerprint density at radius 1 is 1.47 bits per heavy atom. The van der Waals surface area contributed by atoms with Crippen LogP contribution in [0.5, 0.6) is 5.75 Å². The van der Waals surface area contributed by atoms with E-state index in [1.807, 2.05) is 12.1 Å². The Labute approximate surface area is 108 Å². The molecule has 1 atom stereocenters. The number of rotatable bonds is 3. The molecular formula is C13H19ClN2O. The second-order valence-electron chi connectivity index (χ2n) is 4.75. The molecule has 0 saturated carbocycles. The van der Waals surface area contributed by atoms with Gasteiger partial charge in [-0.15, -0.1) is 0 Å².